The van der Waals surface area contributed by atoms with Crippen molar-refractivity contribution >= 4 is 17.3 Å². The molecule has 1 aliphatic rings. The lowest BCUT2D eigenvalue weighted by Gasteiger charge is -2.23. The van der Waals surface area contributed by atoms with E-state index < -0.39 is 57.7 Å². The van der Waals surface area contributed by atoms with Gasteiger partial charge in [0.25, 0.3) is 0 Å². The van der Waals surface area contributed by atoms with Crippen molar-refractivity contribution < 1.29 is 34.8 Å². The van der Waals surface area contributed by atoms with E-state index in [1.807, 2.05) is 19.9 Å². The van der Waals surface area contributed by atoms with Crippen LogP contribution >= 0.6 is 0 Å². The second kappa shape index (κ2) is 8.59. The normalized spacial score (nSPS) is 14.4. The van der Waals surface area contributed by atoms with Gasteiger partial charge in [0, 0.05) is 11.1 Å². The standard InChI is InChI=1S/C25H26O7/c1-11(2)6-5-7-13(4)21(28)25(32)20-17(27)10-15-19(24(20)31)23(30)18-14(22(15)29)8-12(3)9-16(18)26/h6,8-10,13,21,26-28,31H,5,7H2,1-4H3. The Hall–Kier alpha value is -3.45. The molecule has 2 atom stereocenters. The van der Waals surface area contributed by atoms with Gasteiger partial charge in [-0.15, -0.1) is 0 Å². The minimum atomic E-state index is -1.53. The van der Waals surface area contributed by atoms with Gasteiger partial charge in [-0.25, -0.2) is 0 Å². The predicted octanol–water partition coefficient (Wildman–Crippen LogP) is 3.81. The van der Waals surface area contributed by atoms with E-state index in [1.165, 1.54) is 12.1 Å². The summed E-state index contributed by atoms with van der Waals surface area (Å²) in [5, 5.41) is 42.0. The van der Waals surface area contributed by atoms with Gasteiger partial charge in [0.05, 0.1) is 11.1 Å². The summed E-state index contributed by atoms with van der Waals surface area (Å²) in [4.78, 5) is 38.9. The predicted molar refractivity (Wildman–Crippen MR) is 118 cm³/mol. The summed E-state index contributed by atoms with van der Waals surface area (Å²) in [5.41, 5.74) is -0.0472. The highest BCUT2D eigenvalue weighted by atomic mass is 16.3. The van der Waals surface area contributed by atoms with Crippen LogP contribution in [0.2, 0.25) is 0 Å². The van der Waals surface area contributed by atoms with Crippen LogP contribution in [0.4, 0.5) is 0 Å². The molecule has 7 heteroatoms. The molecule has 32 heavy (non-hydrogen) atoms. The minimum Gasteiger partial charge on any atom is -0.507 e. The first-order valence-corrected chi connectivity index (χ1v) is 10.3. The molecule has 0 amide bonds. The molecule has 4 N–H and O–H groups in total. The molecule has 0 heterocycles. The highest BCUT2D eigenvalue weighted by molar-refractivity contribution is 6.31. The number of aromatic hydroxyl groups is 3. The van der Waals surface area contributed by atoms with Crippen molar-refractivity contribution in [1.29, 1.82) is 0 Å². The summed E-state index contributed by atoms with van der Waals surface area (Å²) >= 11 is 0. The fourth-order valence-corrected chi connectivity index (χ4v) is 3.96. The maximum absolute atomic E-state index is 13.1. The quantitative estimate of drug-likeness (QED) is 0.340. The lowest BCUT2D eigenvalue weighted by molar-refractivity contribution is 0.0609. The number of allylic oxidation sites excluding steroid dienone is 2. The number of carbonyl (C=O) groups is 3. The maximum Gasteiger partial charge on any atom is 0.201 e. The molecule has 0 aliphatic heterocycles. The Morgan fingerprint density at radius 1 is 0.969 bits per heavy atom. The zero-order valence-corrected chi connectivity index (χ0v) is 18.4. The zero-order valence-electron chi connectivity index (χ0n) is 18.4. The first kappa shape index (κ1) is 23.2. The molecular formula is C25H26O7. The van der Waals surface area contributed by atoms with Crippen LogP contribution < -0.4 is 0 Å². The number of aryl methyl sites for hydroxylation is 1. The van der Waals surface area contributed by atoms with Crippen LogP contribution in [0, 0.1) is 12.8 Å². The molecule has 0 radical (unpaired) electrons. The van der Waals surface area contributed by atoms with Gasteiger partial charge in [-0.2, -0.15) is 0 Å². The van der Waals surface area contributed by atoms with E-state index in [9.17, 15) is 34.8 Å². The van der Waals surface area contributed by atoms with Crippen LogP contribution in [-0.4, -0.2) is 43.9 Å². The van der Waals surface area contributed by atoms with Crippen molar-refractivity contribution in [2.75, 3.05) is 0 Å². The number of aliphatic hydroxyl groups excluding tert-OH is 1. The number of benzene rings is 2. The third kappa shape index (κ3) is 3.91. The number of hydrogen-bond donors (Lipinski definition) is 4. The van der Waals surface area contributed by atoms with Crippen molar-refractivity contribution in [3.8, 4) is 17.2 Å². The lowest BCUT2D eigenvalue weighted by Crippen LogP contribution is -2.29. The van der Waals surface area contributed by atoms with E-state index in [-0.39, 0.29) is 16.7 Å². The van der Waals surface area contributed by atoms with Gasteiger partial charge in [-0.05, 0) is 63.3 Å². The molecule has 0 spiro atoms. The zero-order chi connectivity index (χ0) is 23.9. The molecular weight excluding hydrogens is 412 g/mol. The van der Waals surface area contributed by atoms with Crippen LogP contribution in [-0.2, 0) is 0 Å². The van der Waals surface area contributed by atoms with Crippen LogP contribution in [0.5, 0.6) is 17.2 Å². The number of carbonyl (C=O) groups excluding carboxylic acids is 3. The third-order valence-electron chi connectivity index (χ3n) is 5.71. The van der Waals surface area contributed by atoms with Crippen molar-refractivity contribution in [2.24, 2.45) is 5.92 Å². The highest BCUT2D eigenvalue weighted by Crippen LogP contribution is 2.42. The van der Waals surface area contributed by atoms with Crippen molar-refractivity contribution in [1.82, 2.24) is 0 Å². The van der Waals surface area contributed by atoms with Crippen molar-refractivity contribution in [3.63, 3.8) is 0 Å². The summed E-state index contributed by atoms with van der Waals surface area (Å²) < 4.78 is 0. The Kier molecular flexibility index (Phi) is 6.23. The molecule has 0 saturated heterocycles. The van der Waals surface area contributed by atoms with Gasteiger partial charge < -0.3 is 20.4 Å². The SMILES string of the molecule is CC(C)=CCCC(C)C(O)C(=O)c1c(O)cc2c(c1O)C(=O)c1c(O)cc(C)cc1C2=O. The van der Waals surface area contributed by atoms with Gasteiger partial charge in [-0.3, -0.25) is 14.4 Å². The number of ketones is 3. The van der Waals surface area contributed by atoms with Gasteiger partial charge in [0.1, 0.15) is 28.9 Å². The topological polar surface area (TPSA) is 132 Å². The molecule has 0 fully saturated rings. The summed E-state index contributed by atoms with van der Waals surface area (Å²) in [5.74, 6) is -4.96. The van der Waals surface area contributed by atoms with Crippen LogP contribution in [0.25, 0.3) is 0 Å². The maximum atomic E-state index is 13.1. The largest absolute Gasteiger partial charge is 0.507 e. The number of phenols is 3. The Morgan fingerprint density at radius 3 is 2.22 bits per heavy atom. The molecule has 0 saturated carbocycles. The number of fused-ring (bicyclic) bond motifs is 2. The Bertz CT molecular complexity index is 1170. The van der Waals surface area contributed by atoms with E-state index in [0.717, 1.165) is 11.6 Å². The number of Topliss-reactive ketones (excluding diaryl/α,β-unsaturated/α-hetero) is 1. The van der Waals surface area contributed by atoms with E-state index in [2.05, 4.69) is 0 Å². The van der Waals surface area contributed by atoms with Gasteiger partial charge in [0.2, 0.25) is 5.78 Å². The molecule has 2 aromatic rings. The van der Waals surface area contributed by atoms with Crippen molar-refractivity contribution in [2.45, 2.75) is 46.6 Å². The molecule has 0 bridgehead atoms. The average molecular weight is 438 g/mol. The van der Waals surface area contributed by atoms with Gasteiger partial charge in [0.15, 0.2) is 11.6 Å². The number of phenolic OH excluding ortho intramolecular Hbond substituents is 3. The Balaban J connectivity index is 2.05. The third-order valence-corrected chi connectivity index (χ3v) is 5.71. The van der Waals surface area contributed by atoms with Crippen LogP contribution in [0.15, 0.2) is 29.8 Å². The molecule has 2 aromatic carbocycles. The van der Waals surface area contributed by atoms with E-state index >= 15 is 0 Å². The van der Waals surface area contributed by atoms with Crippen molar-refractivity contribution in [3.05, 3.63) is 63.2 Å². The lowest BCUT2D eigenvalue weighted by atomic mass is 9.80. The molecule has 2 unspecified atom stereocenters. The van der Waals surface area contributed by atoms with Crippen LogP contribution in [0.1, 0.15) is 81.4 Å². The second-order valence-corrected chi connectivity index (χ2v) is 8.55. The molecule has 3 rings (SSSR count). The second-order valence-electron chi connectivity index (χ2n) is 8.55. The smallest absolute Gasteiger partial charge is 0.201 e. The van der Waals surface area contributed by atoms with E-state index in [1.54, 1.807) is 13.8 Å². The fourth-order valence-electron chi connectivity index (χ4n) is 3.96. The first-order valence-electron chi connectivity index (χ1n) is 10.3. The molecule has 7 nitrogen and oxygen atoms in total. The molecule has 1 aliphatic carbocycles. The monoisotopic (exact) mass is 438 g/mol. The summed E-state index contributed by atoms with van der Waals surface area (Å²) in [6.07, 6.45) is 1.56. The highest BCUT2D eigenvalue weighted by Gasteiger charge is 2.39. The van der Waals surface area contributed by atoms with Crippen LogP contribution in [0.3, 0.4) is 0 Å². The first-order chi connectivity index (χ1) is 15.0. The number of hydrogen-bond acceptors (Lipinski definition) is 7. The van der Waals surface area contributed by atoms with Gasteiger partial charge >= 0.3 is 0 Å². The van der Waals surface area contributed by atoms with E-state index in [0.29, 0.717) is 18.4 Å². The minimum absolute atomic E-state index is 0.0502. The molecule has 0 aromatic heterocycles. The fraction of sp³-hybridized carbons (Fsp3) is 0.320. The summed E-state index contributed by atoms with van der Waals surface area (Å²) in [6.45, 7) is 7.18. The summed E-state index contributed by atoms with van der Waals surface area (Å²) in [6, 6.07) is 3.70. The number of rotatable bonds is 6. The van der Waals surface area contributed by atoms with E-state index in [4.69, 9.17) is 0 Å². The Labute approximate surface area is 185 Å². The Morgan fingerprint density at radius 2 is 1.59 bits per heavy atom. The molecule has 168 valence electrons. The van der Waals surface area contributed by atoms with Gasteiger partial charge in [-0.1, -0.05) is 18.6 Å². The average Bonchev–Trinajstić information content (AvgIpc) is 2.69. The summed E-state index contributed by atoms with van der Waals surface area (Å²) in [7, 11) is 0. The number of aliphatic hydroxyl groups is 1.